The second-order valence-corrected chi connectivity index (χ2v) is 7.83. The zero-order valence-corrected chi connectivity index (χ0v) is 19.2. The van der Waals surface area contributed by atoms with Crippen molar-refractivity contribution in [2.75, 3.05) is 11.9 Å². The lowest BCUT2D eigenvalue weighted by Gasteiger charge is -2.14. The van der Waals surface area contributed by atoms with Gasteiger partial charge in [0.15, 0.2) is 5.65 Å². The fourth-order valence-electron chi connectivity index (χ4n) is 3.30. The van der Waals surface area contributed by atoms with E-state index in [9.17, 15) is 4.79 Å². The highest BCUT2D eigenvalue weighted by Gasteiger charge is 2.10. The van der Waals surface area contributed by atoms with Crippen LogP contribution in [0.3, 0.4) is 0 Å². The summed E-state index contributed by atoms with van der Waals surface area (Å²) in [6, 6.07) is 13.6. The van der Waals surface area contributed by atoms with Gasteiger partial charge in [-0.25, -0.2) is 14.8 Å². The van der Waals surface area contributed by atoms with Crippen molar-refractivity contribution in [2.24, 2.45) is 10.7 Å². The zero-order valence-electron chi connectivity index (χ0n) is 19.2. The Kier molecular flexibility index (Phi) is 8.88. The number of aliphatic imine (C=N–C) groups is 1. The van der Waals surface area contributed by atoms with Gasteiger partial charge in [-0.15, -0.1) is 0 Å². The van der Waals surface area contributed by atoms with Crippen molar-refractivity contribution in [3.8, 4) is 0 Å². The van der Waals surface area contributed by atoms with E-state index in [0.717, 1.165) is 25.7 Å². The van der Waals surface area contributed by atoms with Gasteiger partial charge in [0.1, 0.15) is 11.3 Å². The van der Waals surface area contributed by atoms with E-state index in [1.54, 1.807) is 24.5 Å². The van der Waals surface area contributed by atoms with Crippen LogP contribution in [-0.2, 0) is 6.42 Å². The summed E-state index contributed by atoms with van der Waals surface area (Å²) in [7, 11) is 0. The molecule has 172 valence electrons. The first-order valence-electron chi connectivity index (χ1n) is 11.3. The number of anilines is 1. The van der Waals surface area contributed by atoms with Crippen molar-refractivity contribution in [2.45, 2.75) is 45.6 Å². The van der Waals surface area contributed by atoms with Crippen molar-refractivity contribution in [3.63, 3.8) is 0 Å². The van der Waals surface area contributed by atoms with Crippen LogP contribution in [0.25, 0.3) is 16.7 Å². The van der Waals surface area contributed by atoms with Crippen LogP contribution < -0.4 is 16.4 Å². The van der Waals surface area contributed by atoms with Crippen LogP contribution in [0.15, 0.2) is 59.9 Å². The molecule has 0 spiro atoms. The molecule has 1 atom stereocenters. The molecule has 0 radical (unpaired) electrons. The molecular weight excluding hydrogens is 414 g/mol. The Labute approximate surface area is 194 Å². The number of nitrogens with zero attached hydrogens (tertiary/aromatic N) is 4. The van der Waals surface area contributed by atoms with Crippen LogP contribution in [-0.4, -0.2) is 39.8 Å². The first-order valence-corrected chi connectivity index (χ1v) is 11.3. The summed E-state index contributed by atoms with van der Waals surface area (Å²) < 4.78 is 0. The lowest BCUT2D eigenvalue weighted by Crippen LogP contribution is -2.36. The van der Waals surface area contributed by atoms with Gasteiger partial charge in [0.05, 0.1) is 11.9 Å². The number of hydrogen-bond acceptors (Lipinski definition) is 6. The number of aromatic nitrogens is 3. The number of urea groups is 1. The standard InChI is InChI=1S/C25H31N7O/c1-3-14-27-16-20(15-26)22-17-28-21-12-13-23(31-24(21)30-22)32-25(33)29-18(2)8-7-11-19-9-5-4-6-10-19/h4-6,9-10,12-13,15-18H,3,7-8,11,14,26H2,1-2H3,(H2,29,30,31,32,33)/b20-15+,27-16?/t18-/m1/s1. The third-order valence-electron chi connectivity index (χ3n) is 5.03. The molecule has 0 aliphatic carbocycles. The van der Waals surface area contributed by atoms with Gasteiger partial charge in [-0.3, -0.25) is 15.3 Å². The van der Waals surface area contributed by atoms with Gasteiger partial charge in [0.2, 0.25) is 0 Å². The molecule has 0 saturated carbocycles. The molecule has 0 aliphatic heterocycles. The number of rotatable bonds is 10. The van der Waals surface area contributed by atoms with Crippen molar-refractivity contribution >= 4 is 34.8 Å². The molecule has 3 aromatic rings. The summed E-state index contributed by atoms with van der Waals surface area (Å²) >= 11 is 0. The Hall–Kier alpha value is -3.81. The molecule has 0 fully saturated rings. The number of hydrogen-bond donors (Lipinski definition) is 3. The second kappa shape index (κ2) is 12.3. The number of nitrogens with one attached hydrogen (secondary N) is 2. The average Bonchev–Trinajstić information content (AvgIpc) is 2.82. The lowest BCUT2D eigenvalue weighted by atomic mass is 10.1. The van der Waals surface area contributed by atoms with Crippen molar-refractivity contribution in [1.82, 2.24) is 20.3 Å². The van der Waals surface area contributed by atoms with Gasteiger partial charge in [-0.05, 0) is 50.3 Å². The molecule has 3 rings (SSSR count). The summed E-state index contributed by atoms with van der Waals surface area (Å²) in [4.78, 5) is 30.1. The molecular formula is C25H31N7O. The molecule has 0 bridgehead atoms. The van der Waals surface area contributed by atoms with E-state index < -0.39 is 0 Å². The molecule has 4 N–H and O–H groups in total. The maximum absolute atomic E-state index is 12.4. The number of aryl methyl sites for hydroxylation is 1. The third kappa shape index (κ3) is 7.38. The highest BCUT2D eigenvalue weighted by molar-refractivity contribution is 6.09. The number of pyridine rings is 1. The molecule has 33 heavy (non-hydrogen) atoms. The van der Waals surface area contributed by atoms with Gasteiger partial charge in [-0.2, -0.15) is 0 Å². The Morgan fingerprint density at radius 3 is 2.76 bits per heavy atom. The highest BCUT2D eigenvalue weighted by Crippen LogP contribution is 2.15. The van der Waals surface area contributed by atoms with E-state index in [-0.39, 0.29) is 12.1 Å². The second-order valence-electron chi connectivity index (χ2n) is 7.83. The lowest BCUT2D eigenvalue weighted by molar-refractivity contribution is 0.248. The van der Waals surface area contributed by atoms with Gasteiger partial charge in [0, 0.05) is 30.6 Å². The Balaban J connectivity index is 1.58. The van der Waals surface area contributed by atoms with Gasteiger partial charge < -0.3 is 11.1 Å². The number of carbonyl (C=O) groups excluding carboxylic acids is 1. The summed E-state index contributed by atoms with van der Waals surface area (Å²) in [6.07, 6.45) is 8.59. The quantitative estimate of drug-likeness (QED) is 0.401. The fraction of sp³-hybridized carbons (Fsp3) is 0.320. The maximum atomic E-state index is 12.4. The van der Waals surface area contributed by atoms with Crippen LogP contribution >= 0.6 is 0 Å². The van der Waals surface area contributed by atoms with Crippen LogP contribution in [0, 0.1) is 0 Å². The molecule has 2 aromatic heterocycles. The summed E-state index contributed by atoms with van der Waals surface area (Å²) in [5.74, 6) is 0.404. The summed E-state index contributed by atoms with van der Waals surface area (Å²) in [5, 5.41) is 5.74. The smallest absolute Gasteiger partial charge is 0.320 e. The first-order chi connectivity index (χ1) is 16.1. The van der Waals surface area contributed by atoms with Crippen molar-refractivity contribution in [1.29, 1.82) is 0 Å². The molecule has 2 amide bonds. The van der Waals surface area contributed by atoms with Crippen LogP contribution in [0.1, 0.15) is 44.4 Å². The number of nitrogens with two attached hydrogens (primary N) is 1. The van der Waals surface area contributed by atoms with Crippen LogP contribution in [0.4, 0.5) is 10.6 Å². The molecule has 0 unspecified atom stereocenters. The third-order valence-corrected chi connectivity index (χ3v) is 5.03. The predicted octanol–water partition coefficient (Wildman–Crippen LogP) is 4.34. The van der Waals surface area contributed by atoms with Crippen LogP contribution in [0.5, 0.6) is 0 Å². The largest absolute Gasteiger partial charge is 0.404 e. The maximum Gasteiger partial charge on any atom is 0.320 e. The number of benzene rings is 1. The molecule has 0 saturated heterocycles. The molecule has 2 heterocycles. The van der Waals surface area contributed by atoms with Crippen LogP contribution in [0.2, 0.25) is 0 Å². The van der Waals surface area contributed by atoms with E-state index >= 15 is 0 Å². The van der Waals surface area contributed by atoms with Gasteiger partial charge in [-0.1, -0.05) is 37.3 Å². The normalized spacial score (nSPS) is 12.7. The van der Waals surface area contributed by atoms with Crippen molar-refractivity contribution in [3.05, 3.63) is 66.1 Å². The Bertz CT molecular complexity index is 1110. The molecule has 0 aliphatic rings. The van der Waals surface area contributed by atoms with E-state index in [1.807, 2.05) is 25.1 Å². The zero-order chi connectivity index (χ0) is 23.5. The molecule has 1 aromatic carbocycles. The predicted molar refractivity (Wildman–Crippen MR) is 134 cm³/mol. The molecule has 8 nitrogen and oxygen atoms in total. The summed E-state index contributed by atoms with van der Waals surface area (Å²) in [5.41, 5.74) is 9.33. The number of carbonyl (C=O) groups is 1. The summed E-state index contributed by atoms with van der Waals surface area (Å²) in [6.45, 7) is 4.76. The van der Waals surface area contributed by atoms with Crippen molar-refractivity contribution < 1.29 is 4.79 Å². The molecule has 8 heteroatoms. The minimum atomic E-state index is -0.299. The number of allylic oxidation sites excluding steroid dienone is 1. The SMILES string of the molecule is CCCN=C/C(=C\N)c1cnc2ccc(NC(=O)N[C@H](C)CCCc3ccccc3)nc2n1. The Morgan fingerprint density at radius 2 is 2.00 bits per heavy atom. The number of amides is 2. The number of fused-ring (bicyclic) bond motifs is 1. The first kappa shape index (κ1) is 23.8. The minimum Gasteiger partial charge on any atom is -0.404 e. The van der Waals surface area contributed by atoms with Gasteiger partial charge in [0.25, 0.3) is 0 Å². The van der Waals surface area contributed by atoms with E-state index in [1.165, 1.54) is 11.8 Å². The highest BCUT2D eigenvalue weighted by atomic mass is 16.2. The Morgan fingerprint density at radius 1 is 1.18 bits per heavy atom. The van der Waals surface area contributed by atoms with E-state index in [0.29, 0.717) is 34.8 Å². The van der Waals surface area contributed by atoms with E-state index in [4.69, 9.17) is 5.73 Å². The average molecular weight is 446 g/mol. The minimum absolute atomic E-state index is 0.0419. The van der Waals surface area contributed by atoms with Gasteiger partial charge >= 0.3 is 6.03 Å². The van der Waals surface area contributed by atoms with E-state index in [2.05, 4.69) is 49.6 Å². The fourth-order valence-corrected chi connectivity index (χ4v) is 3.30. The monoisotopic (exact) mass is 445 g/mol. The topological polar surface area (TPSA) is 118 Å².